The summed E-state index contributed by atoms with van der Waals surface area (Å²) in [4.78, 5) is 10.8. The van der Waals surface area contributed by atoms with E-state index in [1.807, 2.05) is 6.92 Å². The van der Waals surface area contributed by atoms with Crippen molar-refractivity contribution in [2.45, 2.75) is 32.3 Å². The molecule has 0 spiro atoms. The van der Waals surface area contributed by atoms with Crippen molar-refractivity contribution in [1.29, 1.82) is 0 Å². The second kappa shape index (κ2) is 10.6. The molecular weight excluding hydrogens is 208 g/mol. The minimum Gasteiger partial charge on any atom is -0.460 e. The Morgan fingerprint density at radius 3 is 2.62 bits per heavy atom. The van der Waals surface area contributed by atoms with Crippen LogP contribution in [0.15, 0.2) is 12.7 Å². The summed E-state index contributed by atoms with van der Waals surface area (Å²) in [6.45, 7) is 6.97. The number of hydrogen-bond donors (Lipinski definition) is 0. The summed E-state index contributed by atoms with van der Waals surface area (Å²) >= 11 is 0. The van der Waals surface area contributed by atoms with E-state index in [4.69, 9.17) is 14.2 Å². The van der Waals surface area contributed by atoms with Gasteiger partial charge in [0.2, 0.25) is 0 Å². The van der Waals surface area contributed by atoms with Gasteiger partial charge in [0.05, 0.1) is 6.10 Å². The molecule has 0 saturated heterocycles. The Morgan fingerprint density at radius 1 is 1.31 bits per heavy atom. The number of ether oxygens (including phenoxy) is 3. The molecule has 0 heterocycles. The Hall–Kier alpha value is -0.870. The van der Waals surface area contributed by atoms with E-state index in [-0.39, 0.29) is 12.7 Å². The maximum absolute atomic E-state index is 10.8. The van der Waals surface area contributed by atoms with Crippen LogP contribution in [0.25, 0.3) is 0 Å². The summed E-state index contributed by atoms with van der Waals surface area (Å²) < 4.78 is 15.3. The van der Waals surface area contributed by atoms with Crippen LogP contribution in [0.2, 0.25) is 0 Å². The van der Waals surface area contributed by atoms with Crippen LogP contribution < -0.4 is 0 Å². The normalized spacial score (nSPS) is 12.1. The van der Waals surface area contributed by atoms with Crippen molar-refractivity contribution >= 4 is 5.97 Å². The number of methoxy groups -OCH3 is 1. The minimum atomic E-state index is -0.407. The van der Waals surface area contributed by atoms with Crippen LogP contribution in [0, 0.1) is 0 Å². The van der Waals surface area contributed by atoms with Crippen molar-refractivity contribution in [3.63, 3.8) is 0 Å². The third-order valence-electron chi connectivity index (χ3n) is 2.02. The molecule has 0 aromatic carbocycles. The van der Waals surface area contributed by atoms with E-state index in [0.29, 0.717) is 6.61 Å². The van der Waals surface area contributed by atoms with E-state index in [1.54, 1.807) is 7.11 Å². The molecule has 1 unspecified atom stereocenters. The Morgan fingerprint density at radius 2 is 2.00 bits per heavy atom. The summed E-state index contributed by atoms with van der Waals surface area (Å²) in [6, 6.07) is 0. The molecule has 0 N–H and O–H groups in total. The van der Waals surface area contributed by atoms with E-state index in [0.717, 1.165) is 31.9 Å². The van der Waals surface area contributed by atoms with Gasteiger partial charge in [0.1, 0.15) is 6.61 Å². The molecule has 0 aliphatic carbocycles. The van der Waals surface area contributed by atoms with Gasteiger partial charge < -0.3 is 14.2 Å². The van der Waals surface area contributed by atoms with Crippen molar-refractivity contribution in [1.82, 2.24) is 0 Å². The van der Waals surface area contributed by atoms with Gasteiger partial charge in [-0.3, -0.25) is 0 Å². The lowest BCUT2D eigenvalue weighted by molar-refractivity contribution is -0.141. The fourth-order valence-corrected chi connectivity index (χ4v) is 1.12. The smallest absolute Gasteiger partial charge is 0.330 e. The number of carbonyl (C=O) groups excluding carboxylic acids is 1. The molecule has 0 aromatic heterocycles. The number of rotatable bonds is 10. The molecule has 1 atom stereocenters. The quantitative estimate of drug-likeness (QED) is 0.327. The van der Waals surface area contributed by atoms with Gasteiger partial charge in [0.15, 0.2) is 0 Å². The molecule has 0 bridgehead atoms. The molecule has 16 heavy (non-hydrogen) atoms. The van der Waals surface area contributed by atoms with Gasteiger partial charge in [0, 0.05) is 26.4 Å². The second-order valence-electron chi connectivity index (χ2n) is 3.57. The lowest BCUT2D eigenvalue weighted by atomic mass is 10.2. The van der Waals surface area contributed by atoms with Gasteiger partial charge in [-0.2, -0.15) is 0 Å². The van der Waals surface area contributed by atoms with E-state index < -0.39 is 5.97 Å². The Bertz CT molecular complexity index is 191. The zero-order valence-electron chi connectivity index (χ0n) is 10.2. The third-order valence-corrected chi connectivity index (χ3v) is 2.02. The summed E-state index contributed by atoms with van der Waals surface area (Å²) in [6.07, 6.45) is 4.24. The van der Waals surface area contributed by atoms with Gasteiger partial charge in [-0.05, 0) is 26.2 Å². The molecule has 0 aromatic rings. The highest BCUT2D eigenvalue weighted by Crippen LogP contribution is 1.99. The Labute approximate surface area is 97.6 Å². The molecule has 4 nitrogen and oxygen atoms in total. The fourth-order valence-electron chi connectivity index (χ4n) is 1.12. The number of hydrogen-bond acceptors (Lipinski definition) is 4. The highest BCUT2D eigenvalue weighted by atomic mass is 16.6. The molecule has 0 aliphatic rings. The van der Waals surface area contributed by atoms with Crippen molar-refractivity contribution in [2.75, 3.05) is 26.9 Å². The molecule has 0 fully saturated rings. The molecule has 0 rings (SSSR count). The fraction of sp³-hybridized carbons (Fsp3) is 0.750. The van der Waals surface area contributed by atoms with Crippen LogP contribution in [-0.2, 0) is 19.0 Å². The summed E-state index contributed by atoms with van der Waals surface area (Å²) in [7, 11) is 1.70. The van der Waals surface area contributed by atoms with Gasteiger partial charge >= 0.3 is 5.97 Å². The Kier molecular flexibility index (Phi) is 10.1. The first-order valence-corrected chi connectivity index (χ1v) is 5.60. The average molecular weight is 230 g/mol. The molecule has 0 aliphatic heterocycles. The summed E-state index contributed by atoms with van der Waals surface area (Å²) in [5.74, 6) is -0.407. The van der Waals surface area contributed by atoms with E-state index in [9.17, 15) is 4.79 Å². The van der Waals surface area contributed by atoms with Crippen LogP contribution in [0.1, 0.15) is 26.2 Å². The van der Waals surface area contributed by atoms with Gasteiger partial charge in [0.25, 0.3) is 0 Å². The number of unbranched alkanes of at least 4 members (excludes halogenated alkanes) is 2. The summed E-state index contributed by atoms with van der Waals surface area (Å²) in [5.41, 5.74) is 0. The van der Waals surface area contributed by atoms with Crippen molar-refractivity contribution in [3.05, 3.63) is 12.7 Å². The van der Waals surface area contributed by atoms with E-state index in [1.165, 1.54) is 0 Å². The lowest BCUT2D eigenvalue weighted by Crippen LogP contribution is -2.18. The van der Waals surface area contributed by atoms with Crippen molar-refractivity contribution in [3.8, 4) is 0 Å². The predicted octanol–water partition coefficient (Wildman–Crippen LogP) is 1.94. The zero-order valence-corrected chi connectivity index (χ0v) is 10.2. The number of carbonyl (C=O) groups is 1. The zero-order chi connectivity index (χ0) is 12.2. The first kappa shape index (κ1) is 15.1. The molecular formula is C12H22O4. The SMILES string of the molecule is C=CC(=O)OCC(C)OCCCCCOC. The lowest BCUT2D eigenvalue weighted by Gasteiger charge is -2.12. The standard InChI is InChI=1S/C12H22O4/c1-4-12(13)16-10-11(2)15-9-7-5-6-8-14-3/h4,11H,1,5-10H2,2-3H3. The van der Waals surface area contributed by atoms with Crippen LogP contribution in [-0.4, -0.2) is 39.0 Å². The first-order valence-electron chi connectivity index (χ1n) is 5.60. The van der Waals surface area contributed by atoms with E-state index in [2.05, 4.69) is 6.58 Å². The highest BCUT2D eigenvalue weighted by molar-refractivity contribution is 5.81. The maximum Gasteiger partial charge on any atom is 0.330 e. The highest BCUT2D eigenvalue weighted by Gasteiger charge is 2.04. The molecule has 0 amide bonds. The van der Waals surface area contributed by atoms with Crippen molar-refractivity contribution in [2.24, 2.45) is 0 Å². The number of esters is 1. The molecule has 0 radical (unpaired) electrons. The van der Waals surface area contributed by atoms with Crippen LogP contribution >= 0.6 is 0 Å². The van der Waals surface area contributed by atoms with Crippen molar-refractivity contribution < 1.29 is 19.0 Å². The van der Waals surface area contributed by atoms with Gasteiger partial charge in [-0.15, -0.1) is 0 Å². The van der Waals surface area contributed by atoms with Gasteiger partial charge in [-0.25, -0.2) is 4.79 Å². The average Bonchev–Trinajstić information content (AvgIpc) is 2.30. The molecule has 94 valence electrons. The minimum absolute atomic E-state index is 0.0636. The van der Waals surface area contributed by atoms with Crippen LogP contribution in [0.4, 0.5) is 0 Å². The van der Waals surface area contributed by atoms with E-state index >= 15 is 0 Å². The largest absolute Gasteiger partial charge is 0.460 e. The third kappa shape index (κ3) is 9.68. The maximum atomic E-state index is 10.8. The Balaban J connectivity index is 3.26. The van der Waals surface area contributed by atoms with Crippen LogP contribution in [0.3, 0.4) is 0 Å². The molecule has 0 saturated carbocycles. The predicted molar refractivity (Wildman–Crippen MR) is 62.3 cm³/mol. The van der Waals surface area contributed by atoms with Crippen LogP contribution in [0.5, 0.6) is 0 Å². The first-order chi connectivity index (χ1) is 7.70. The monoisotopic (exact) mass is 230 g/mol. The summed E-state index contributed by atoms with van der Waals surface area (Å²) in [5, 5.41) is 0. The second-order valence-corrected chi connectivity index (χ2v) is 3.57. The van der Waals surface area contributed by atoms with Gasteiger partial charge in [-0.1, -0.05) is 6.58 Å². The topological polar surface area (TPSA) is 44.8 Å². The molecule has 4 heteroatoms.